The Morgan fingerprint density at radius 2 is 1.52 bits per heavy atom. The molecule has 168 valence electrons. The summed E-state index contributed by atoms with van der Waals surface area (Å²) in [5, 5.41) is 0.568. The summed E-state index contributed by atoms with van der Waals surface area (Å²) in [6, 6.07) is 18.9. The van der Waals surface area contributed by atoms with E-state index in [0.717, 1.165) is 22.4 Å². The normalized spacial score (nSPS) is 10.7. The Morgan fingerprint density at radius 3 is 2.12 bits per heavy atom. The van der Waals surface area contributed by atoms with Crippen molar-refractivity contribution in [1.29, 1.82) is 0 Å². The van der Waals surface area contributed by atoms with Crippen LogP contribution < -0.4 is 14.2 Å². The van der Waals surface area contributed by atoms with Crippen LogP contribution in [0.15, 0.2) is 73.1 Å². The molecule has 0 spiro atoms. The van der Waals surface area contributed by atoms with E-state index in [1.165, 1.54) is 21.3 Å². The van der Waals surface area contributed by atoms with Gasteiger partial charge in [0, 0.05) is 45.4 Å². The number of nitrogens with zero attached hydrogens (tertiary/aromatic N) is 1. The maximum absolute atomic E-state index is 13.8. The third-order valence-corrected chi connectivity index (χ3v) is 5.79. The van der Waals surface area contributed by atoms with Gasteiger partial charge < -0.3 is 18.8 Å². The molecular formula is C27H24ClNO4. The van der Waals surface area contributed by atoms with Crippen molar-refractivity contribution < 1.29 is 19.0 Å². The average Bonchev–Trinajstić information content (AvgIpc) is 3.28. The van der Waals surface area contributed by atoms with Crippen molar-refractivity contribution in [2.75, 3.05) is 21.3 Å². The fraction of sp³-hybridized carbons (Fsp3) is 0.148. The molecule has 0 fully saturated rings. The molecule has 0 radical (unpaired) electrons. The number of methoxy groups -OCH3 is 3. The van der Waals surface area contributed by atoms with Crippen molar-refractivity contribution in [3.05, 3.63) is 94.8 Å². The number of carbonyl (C=O) groups excluding carboxylic acids is 1. The molecule has 33 heavy (non-hydrogen) atoms. The van der Waals surface area contributed by atoms with E-state index in [2.05, 4.69) is 6.07 Å². The fourth-order valence-corrected chi connectivity index (χ4v) is 4.07. The van der Waals surface area contributed by atoms with E-state index >= 15 is 0 Å². The lowest BCUT2D eigenvalue weighted by Crippen LogP contribution is -2.05. The zero-order valence-corrected chi connectivity index (χ0v) is 19.6. The molecule has 1 aromatic heterocycles. The highest BCUT2D eigenvalue weighted by molar-refractivity contribution is 6.33. The van der Waals surface area contributed by atoms with Crippen LogP contribution in [0.25, 0.3) is 16.8 Å². The smallest absolute Gasteiger partial charge is 0.203 e. The summed E-state index contributed by atoms with van der Waals surface area (Å²) in [6.07, 6.45) is 3.76. The molecule has 4 rings (SSSR count). The molecule has 1 heterocycles. The van der Waals surface area contributed by atoms with Crippen molar-refractivity contribution in [1.82, 2.24) is 4.57 Å². The lowest BCUT2D eigenvalue weighted by molar-refractivity contribution is 0.103. The first kappa shape index (κ1) is 22.5. The number of rotatable bonds is 7. The zero-order chi connectivity index (χ0) is 23.5. The van der Waals surface area contributed by atoms with Crippen molar-refractivity contribution in [3.8, 4) is 34.1 Å². The maximum atomic E-state index is 13.8. The molecule has 0 saturated heterocycles. The topological polar surface area (TPSA) is 49.7 Å². The van der Waals surface area contributed by atoms with Gasteiger partial charge in [0.25, 0.3) is 0 Å². The number of halogens is 1. The largest absolute Gasteiger partial charge is 0.493 e. The molecule has 0 saturated carbocycles. The van der Waals surface area contributed by atoms with Gasteiger partial charge in [-0.15, -0.1) is 0 Å². The highest BCUT2D eigenvalue weighted by atomic mass is 35.5. The van der Waals surface area contributed by atoms with Crippen LogP contribution in [0.5, 0.6) is 17.2 Å². The molecule has 0 N–H and O–H groups in total. The number of aryl methyl sites for hydroxylation is 1. The molecule has 0 bridgehead atoms. The van der Waals surface area contributed by atoms with Gasteiger partial charge >= 0.3 is 0 Å². The summed E-state index contributed by atoms with van der Waals surface area (Å²) in [5.74, 6) is 1.08. The first-order chi connectivity index (χ1) is 16.0. The molecule has 6 heteroatoms. The summed E-state index contributed by atoms with van der Waals surface area (Å²) in [4.78, 5) is 13.8. The molecule has 3 aromatic carbocycles. The number of carbonyl (C=O) groups is 1. The summed E-state index contributed by atoms with van der Waals surface area (Å²) in [5.41, 5.74) is 4.52. The molecule has 4 aromatic rings. The quantitative estimate of drug-likeness (QED) is 0.300. The Bertz CT molecular complexity index is 1300. The van der Waals surface area contributed by atoms with Crippen LogP contribution in [-0.2, 0) is 0 Å². The standard InChI is InChI=1S/C27H24ClNO4/c1-17-8-7-9-19(12-17)29-15-21(20-10-5-6-11-23(20)28)22(16-29)26(30)18-13-24(31-2)27(33-4)25(14-18)32-3/h5-16H,1-4H3. The molecule has 0 atom stereocenters. The molecule has 0 unspecified atom stereocenters. The Balaban J connectivity index is 1.91. The van der Waals surface area contributed by atoms with E-state index in [9.17, 15) is 4.79 Å². The van der Waals surface area contributed by atoms with E-state index in [1.54, 1.807) is 12.1 Å². The lowest BCUT2D eigenvalue weighted by Gasteiger charge is -2.14. The number of hydrogen-bond donors (Lipinski definition) is 0. The third-order valence-electron chi connectivity index (χ3n) is 5.46. The van der Waals surface area contributed by atoms with E-state index in [-0.39, 0.29) is 5.78 Å². The van der Waals surface area contributed by atoms with Crippen LogP contribution in [0.4, 0.5) is 0 Å². The number of aromatic nitrogens is 1. The van der Waals surface area contributed by atoms with Gasteiger partial charge in [0.15, 0.2) is 17.3 Å². The van der Waals surface area contributed by atoms with Gasteiger partial charge in [0.05, 0.1) is 21.3 Å². The van der Waals surface area contributed by atoms with Crippen LogP contribution in [-0.4, -0.2) is 31.7 Å². The fourth-order valence-electron chi connectivity index (χ4n) is 3.84. The molecule has 0 aliphatic heterocycles. The van der Waals surface area contributed by atoms with Crippen LogP contribution in [0.1, 0.15) is 21.5 Å². The first-order valence-corrected chi connectivity index (χ1v) is 10.7. The van der Waals surface area contributed by atoms with E-state index in [0.29, 0.717) is 33.4 Å². The lowest BCUT2D eigenvalue weighted by atomic mass is 9.97. The summed E-state index contributed by atoms with van der Waals surface area (Å²) in [6.45, 7) is 2.03. The van der Waals surface area contributed by atoms with Crippen LogP contribution in [0.3, 0.4) is 0 Å². The second-order valence-corrected chi connectivity index (χ2v) is 7.96. The van der Waals surface area contributed by atoms with Crippen molar-refractivity contribution in [2.45, 2.75) is 6.92 Å². The van der Waals surface area contributed by atoms with E-state index in [1.807, 2.05) is 66.3 Å². The Kier molecular flexibility index (Phi) is 6.43. The van der Waals surface area contributed by atoms with Gasteiger partial charge in [0.1, 0.15) is 0 Å². The van der Waals surface area contributed by atoms with Crippen molar-refractivity contribution >= 4 is 17.4 Å². The summed E-state index contributed by atoms with van der Waals surface area (Å²) < 4.78 is 18.2. The zero-order valence-electron chi connectivity index (χ0n) is 18.9. The van der Waals surface area contributed by atoms with Gasteiger partial charge in [0.2, 0.25) is 5.75 Å². The van der Waals surface area contributed by atoms with Gasteiger partial charge in [-0.2, -0.15) is 0 Å². The SMILES string of the molecule is COc1cc(C(=O)c2cn(-c3cccc(C)c3)cc2-c2ccccc2Cl)cc(OC)c1OC. The molecule has 0 aliphatic carbocycles. The molecule has 0 aliphatic rings. The van der Waals surface area contributed by atoms with Gasteiger partial charge in [-0.3, -0.25) is 4.79 Å². The molecular weight excluding hydrogens is 438 g/mol. The number of benzene rings is 3. The highest BCUT2D eigenvalue weighted by Gasteiger charge is 2.23. The number of hydrogen-bond acceptors (Lipinski definition) is 4. The molecule has 0 amide bonds. The van der Waals surface area contributed by atoms with Crippen molar-refractivity contribution in [3.63, 3.8) is 0 Å². The van der Waals surface area contributed by atoms with Gasteiger partial charge in [-0.05, 0) is 42.8 Å². The van der Waals surface area contributed by atoms with E-state index in [4.69, 9.17) is 25.8 Å². The summed E-state index contributed by atoms with van der Waals surface area (Å²) >= 11 is 6.52. The number of ketones is 1. The van der Waals surface area contributed by atoms with Crippen LogP contribution in [0.2, 0.25) is 5.02 Å². The minimum atomic E-state index is -0.185. The monoisotopic (exact) mass is 461 g/mol. The van der Waals surface area contributed by atoms with Crippen LogP contribution in [0, 0.1) is 6.92 Å². The number of ether oxygens (including phenoxy) is 3. The van der Waals surface area contributed by atoms with Crippen LogP contribution >= 0.6 is 11.6 Å². The predicted molar refractivity (Wildman–Crippen MR) is 130 cm³/mol. The minimum Gasteiger partial charge on any atom is -0.493 e. The second-order valence-electron chi connectivity index (χ2n) is 7.55. The minimum absolute atomic E-state index is 0.185. The highest BCUT2D eigenvalue weighted by Crippen LogP contribution is 2.40. The van der Waals surface area contributed by atoms with E-state index < -0.39 is 0 Å². The van der Waals surface area contributed by atoms with Crippen molar-refractivity contribution in [2.24, 2.45) is 0 Å². The Labute approximate surface area is 198 Å². The molecule has 5 nitrogen and oxygen atoms in total. The average molecular weight is 462 g/mol. The van der Waals surface area contributed by atoms with Gasteiger partial charge in [-0.25, -0.2) is 0 Å². The summed E-state index contributed by atoms with van der Waals surface area (Å²) in [7, 11) is 4.57. The maximum Gasteiger partial charge on any atom is 0.203 e. The Morgan fingerprint density at radius 1 is 0.818 bits per heavy atom. The second kappa shape index (κ2) is 9.43. The first-order valence-electron chi connectivity index (χ1n) is 10.4. The third kappa shape index (κ3) is 4.32. The Hall–Kier alpha value is -3.70. The predicted octanol–water partition coefficient (Wildman–Crippen LogP) is 6.36. The van der Waals surface area contributed by atoms with Gasteiger partial charge in [-0.1, -0.05) is 41.9 Å².